The van der Waals surface area contributed by atoms with Gasteiger partial charge in [-0.3, -0.25) is 10.1 Å². The molecule has 0 amide bonds. The normalized spacial score (nSPS) is 12.2. The number of nitro benzene ring substituents is 1. The van der Waals surface area contributed by atoms with Crippen LogP contribution in [0.3, 0.4) is 0 Å². The van der Waals surface area contributed by atoms with Crippen molar-refractivity contribution in [1.29, 1.82) is 0 Å². The fraction of sp³-hybridized carbons (Fsp3) is 0.357. The summed E-state index contributed by atoms with van der Waals surface area (Å²) in [7, 11) is 0. The first-order chi connectivity index (χ1) is 9.92. The molecule has 1 aromatic heterocycles. The second kappa shape index (κ2) is 6.17. The molecule has 0 radical (unpaired) electrons. The molecule has 5 nitrogen and oxygen atoms in total. The number of nitro groups is 1. The molecule has 21 heavy (non-hydrogen) atoms. The molecule has 0 saturated heterocycles. The molecule has 1 atom stereocenters. The van der Waals surface area contributed by atoms with E-state index in [2.05, 4.69) is 10.3 Å². The predicted molar refractivity (Wildman–Crippen MR) is 81.3 cm³/mol. The van der Waals surface area contributed by atoms with E-state index in [0.717, 1.165) is 22.4 Å². The van der Waals surface area contributed by atoms with Crippen LogP contribution in [-0.4, -0.2) is 9.91 Å². The van der Waals surface area contributed by atoms with Crippen molar-refractivity contribution in [3.63, 3.8) is 0 Å². The fourth-order valence-corrected chi connectivity index (χ4v) is 2.78. The van der Waals surface area contributed by atoms with Crippen LogP contribution in [-0.2, 0) is 6.42 Å². The SMILES string of the molecule is CCc1cnc(C(C)Nc2cc(C)c(F)cc2[N+](=O)[O-])s1. The van der Waals surface area contributed by atoms with E-state index in [4.69, 9.17) is 0 Å². The van der Waals surface area contributed by atoms with Gasteiger partial charge in [-0.1, -0.05) is 6.92 Å². The van der Waals surface area contributed by atoms with Crippen molar-refractivity contribution in [3.8, 4) is 0 Å². The van der Waals surface area contributed by atoms with Gasteiger partial charge in [-0.15, -0.1) is 11.3 Å². The number of halogens is 1. The van der Waals surface area contributed by atoms with E-state index in [1.807, 2.05) is 20.0 Å². The first-order valence-corrected chi connectivity index (χ1v) is 7.39. The molecular weight excluding hydrogens is 293 g/mol. The lowest BCUT2D eigenvalue weighted by Gasteiger charge is -2.13. The Morgan fingerprint density at radius 2 is 2.24 bits per heavy atom. The maximum Gasteiger partial charge on any atom is 0.295 e. The Morgan fingerprint density at radius 3 is 2.81 bits per heavy atom. The third-order valence-electron chi connectivity index (χ3n) is 3.14. The van der Waals surface area contributed by atoms with Gasteiger partial charge >= 0.3 is 0 Å². The zero-order valence-corrected chi connectivity index (χ0v) is 12.8. The fourth-order valence-electron chi connectivity index (χ4n) is 1.92. The van der Waals surface area contributed by atoms with Gasteiger partial charge in [0.15, 0.2) is 0 Å². The minimum Gasteiger partial charge on any atom is -0.371 e. The lowest BCUT2D eigenvalue weighted by molar-refractivity contribution is -0.384. The average molecular weight is 309 g/mol. The van der Waals surface area contributed by atoms with E-state index in [9.17, 15) is 14.5 Å². The van der Waals surface area contributed by atoms with E-state index in [0.29, 0.717) is 11.3 Å². The van der Waals surface area contributed by atoms with Gasteiger partial charge in [-0.25, -0.2) is 9.37 Å². The number of nitrogens with one attached hydrogen (secondary N) is 1. The third kappa shape index (κ3) is 3.36. The van der Waals surface area contributed by atoms with E-state index < -0.39 is 10.7 Å². The number of benzene rings is 1. The molecule has 2 rings (SSSR count). The van der Waals surface area contributed by atoms with E-state index in [-0.39, 0.29) is 11.7 Å². The Balaban J connectivity index is 2.29. The molecule has 0 aliphatic carbocycles. The molecule has 0 bridgehead atoms. The molecule has 1 aromatic carbocycles. The summed E-state index contributed by atoms with van der Waals surface area (Å²) in [6.07, 6.45) is 2.71. The van der Waals surface area contributed by atoms with E-state index in [1.54, 1.807) is 18.3 Å². The molecule has 0 saturated carbocycles. The quantitative estimate of drug-likeness (QED) is 0.662. The number of hydrogen-bond acceptors (Lipinski definition) is 5. The summed E-state index contributed by atoms with van der Waals surface area (Å²) in [5.41, 5.74) is 0.403. The maximum absolute atomic E-state index is 13.5. The van der Waals surface area contributed by atoms with Crippen molar-refractivity contribution in [1.82, 2.24) is 4.98 Å². The van der Waals surface area contributed by atoms with Gasteiger partial charge in [-0.05, 0) is 31.9 Å². The minimum absolute atomic E-state index is 0.182. The molecule has 112 valence electrons. The highest BCUT2D eigenvalue weighted by Crippen LogP contribution is 2.31. The number of hydrogen-bond donors (Lipinski definition) is 1. The minimum atomic E-state index is -0.586. The van der Waals surface area contributed by atoms with E-state index in [1.165, 1.54) is 6.07 Å². The van der Waals surface area contributed by atoms with Gasteiger partial charge in [0.25, 0.3) is 5.69 Å². The van der Waals surface area contributed by atoms with Crippen molar-refractivity contribution >= 4 is 22.7 Å². The summed E-state index contributed by atoms with van der Waals surface area (Å²) >= 11 is 1.56. The number of nitrogens with zero attached hydrogens (tertiary/aromatic N) is 2. The summed E-state index contributed by atoms with van der Waals surface area (Å²) in [6, 6.07) is 2.22. The highest BCUT2D eigenvalue weighted by atomic mass is 32.1. The molecule has 1 unspecified atom stereocenters. The highest BCUT2D eigenvalue weighted by molar-refractivity contribution is 7.11. The summed E-state index contributed by atoms with van der Waals surface area (Å²) in [5.74, 6) is -0.581. The monoisotopic (exact) mass is 309 g/mol. The number of thiazole rings is 1. The molecule has 7 heteroatoms. The Hall–Kier alpha value is -2.02. The number of rotatable bonds is 5. The first-order valence-electron chi connectivity index (χ1n) is 6.58. The number of anilines is 1. The van der Waals surface area contributed by atoms with Gasteiger partial charge in [-0.2, -0.15) is 0 Å². The van der Waals surface area contributed by atoms with Gasteiger partial charge in [0.2, 0.25) is 0 Å². The first kappa shape index (κ1) is 15.4. The Kier molecular flexibility index (Phi) is 4.52. The van der Waals surface area contributed by atoms with Gasteiger partial charge in [0.05, 0.1) is 17.0 Å². The Bertz CT molecular complexity index is 672. The summed E-state index contributed by atoms with van der Waals surface area (Å²) in [5, 5.41) is 14.9. The van der Waals surface area contributed by atoms with Crippen LogP contribution in [0, 0.1) is 22.9 Å². The van der Waals surface area contributed by atoms with Crippen LogP contribution in [0.25, 0.3) is 0 Å². The van der Waals surface area contributed by atoms with Crippen LogP contribution in [0.4, 0.5) is 15.8 Å². The summed E-state index contributed by atoms with van der Waals surface area (Å²) < 4.78 is 13.5. The van der Waals surface area contributed by atoms with Crippen molar-refractivity contribution in [3.05, 3.63) is 49.7 Å². The Labute approximate surface area is 126 Å². The molecule has 0 spiro atoms. The van der Waals surface area contributed by atoms with Gasteiger partial charge in [0.1, 0.15) is 16.5 Å². The molecule has 0 aliphatic heterocycles. The summed E-state index contributed by atoms with van der Waals surface area (Å²) in [6.45, 7) is 5.50. The molecular formula is C14H16FN3O2S. The lowest BCUT2D eigenvalue weighted by Crippen LogP contribution is -2.08. The van der Waals surface area contributed by atoms with Crippen LogP contribution in [0.2, 0.25) is 0 Å². The lowest BCUT2D eigenvalue weighted by atomic mass is 10.1. The van der Waals surface area contributed by atoms with Gasteiger partial charge in [0, 0.05) is 11.1 Å². The van der Waals surface area contributed by atoms with Crippen LogP contribution < -0.4 is 5.32 Å². The zero-order chi connectivity index (χ0) is 15.6. The highest BCUT2D eigenvalue weighted by Gasteiger charge is 2.20. The predicted octanol–water partition coefficient (Wildman–Crippen LogP) is 4.23. The molecule has 1 N–H and O–H groups in total. The van der Waals surface area contributed by atoms with Crippen molar-refractivity contribution in [2.24, 2.45) is 0 Å². The van der Waals surface area contributed by atoms with Crippen LogP contribution in [0.15, 0.2) is 18.3 Å². The molecule has 0 aliphatic rings. The second-order valence-corrected chi connectivity index (χ2v) is 5.91. The van der Waals surface area contributed by atoms with Crippen molar-refractivity contribution < 1.29 is 9.31 Å². The largest absolute Gasteiger partial charge is 0.371 e. The smallest absolute Gasteiger partial charge is 0.295 e. The van der Waals surface area contributed by atoms with Gasteiger partial charge < -0.3 is 5.32 Å². The number of aromatic nitrogens is 1. The average Bonchev–Trinajstić information content (AvgIpc) is 2.91. The molecule has 0 fully saturated rings. The zero-order valence-electron chi connectivity index (χ0n) is 12.0. The van der Waals surface area contributed by atoms with Crippen molar-refractivity contribution in [2.45, 2.75) is 33.2 Å². The topological polar surface area (TPSA) is 68.1 Å². The van der Waals surface area contributed by atoms with Crippen molar-refractivity contribution in [2.75, 3.05) is 5.32 Å². The van der Waals surface area contributed by atoms with E-state index >= 15 is 0 Å². The molecule has 1 heterocycles. The maximum atomic E-state index is 13.5. The van der Waals surface area contributed by atoms with Crippen LogP contribution in [0.1, 0.15) is 35.3 Å². The second-order valence-electron chi connectivity index (χ2n) is 4.76. The Morgan fingerprint density at radius 1 is 1.52 bits per heavy atom. The number of aryl methyl sites for hydroxylation is 2. The standard InChI is InChI=1S/C14H16FN3O2S/c1-4-10-7-16-14(21-10)9(3)17-12-5-8(2)11(15)6-13(12)18(19)20/h5-7,9,17H,4H2,1-3H3. The molecule has 2 aromatic rings. The summed E-state index contributed by atoms with van der Waals surface area (Å²) in [4.78, 5) is 15.9. The third-order valence-corrected chi connectivity index (χ3v) is 4.46. The van der Waals surface area contributed by atoms with Crippen LogP contribution >= 0.6 is 11.3 Å². The van der Waals surface area contributed by atoms with Crippen LogP contribution in [0.5, 0.6) is 0 Å².